The van der Waals surface area contributed by atoms with Crippen LogP contribution in [0, 0.1) is 5.82 Å². The average Bonchev–Trinajstić information content (AvgIpc) is 3.06. The minimum atomic E-state index is -0.498. The van der Waals surface area contributed by atoms with Crippen molar-refractivity contribution in [1.82, 2.24) is 14.9 Å². The summed E-state index contributed by atoms with van der Waals surface area (Å²) in [6.07, 6.45) is 2.09. The zero-order chi connectivity index (χ0) is 16.9. The Kier molecular flexibility index (Phi) is 4.86. The number of aliphatic hydroxyl groups excluding tert-OH is 1. The fraction of sp³-hybridized carbons (Fsp3) is 0.222. The molecule has 5 nitrogen and oxygen atoms in total. The van der Waals surface area contributed by atoms with E-state index in [2.05, 4.69) is 9.97 Å². The molecule has 0 aliphatic carbocycles. The molecule has 1 amide bonds. The molecule has 0 saturated heterocycles. The second-order valence-corrected chi connectivity index (χ2v) is 5.50. The number of aromatic amines is 1. The van der Waals surface area contributed by atoms with Gasteiger partial charge in [0.25, 0.3) is 5.91 Å². The van der Waals surface area contributed by atoms with Gasteiger partial charge in [-0.05, 0) is 24.1 Å². The summed E-state index contributed by atoms with van der Waals surface area (Å²) >= 11 is 0. The van der Waals surface area contributed by atoms with Gasteiger partial charge in [0.2, 0.25) is 0 Å². The Hall–Kier alpha value is -2.73. The molecule has 0 atom stereocenters. The van der Waals surface area contributed by atoms with Crippen molar-refractivity contribution in [3.05, 3.63) is 65.7 Å². The number of benzene rings is 2. The van der Waals surface area contributed by atoms with E-state index in [9.17, 15) is 14.3 Å². The topological polar surface area (TPSA) is 69.2 Å². The summed E-state index contributed by atoms with van der Waals surface area (Å²) in [5.41, 5.74) is 2.21. The van der Waals surface area contributed by atoms with Crippen LogP contribution in [-0.2, 0) is 6.42 Å². The summed E-state index contributed by atoms with van der Waals surface area (Å²) < 4.78 is 13.8. The lowest BCUT2D eigenvalue weighted by Crippen LogP contribution is -2.35. The van der Waals surface area contributed by atoms with Crippen LogP contribution in [0.4, 0.5) is 4.39 Å². The Morgan fingerprint density at radius 3 is 2.75 bits per heavy atom. The number of aliphatic hydroxyl groups is 1. The lowest BCUT2D eigenvalue weighted by atomic mass is 10.1. The third-order valence-corrected chi connectivity index (χ3v) is 3.89. The zero-order valence-corrected chi connectivity index (χ0v) is 13.1. The number of hydrogen-bond acceptors (Lipinski definition) is 3. The minimum absolute atomic E-state index is 0.153. The van der Waals surface area contributed by atoms with Crippen molar-refractivity contribution in [2.45, 2.75) is 6.42 Å². The van der Waals surface area contributed by atoms with Gasteiger partial charge in [0, 0.05) is 13.1 Å². The van der Waals surface area contributed by atoms with Crippen molar-refractivity contribution in [2.24, 2.45) is 0 Å². The standard InChI is InChI=1S/C18H18FN3O2/c19-14-10-15(17-16(11-14)20-12-21-17)18(24)22(8-9-23)7-6-13-4-2-1-3-5-13/h1-5,10-12,23H,6-9H2,(H,20,21). The highest BCUT2D eigenvalue weighted by Gasteiger charge is 2.20. The number of aromatic nitrogens is 2. The number of carbonyl (C=O) groups excluding carboxylic acids is 1. The Morgan fingerprint density at radius 2 is 2.00 bits per heavy atom. The van der Waals surface area contributed by atoms with Crippen LogP contribution in [0.5, 0.6) is 0 Å². The van der Waals surface area contributed by atoms with Crippen LogP contribution in [0.2, 0.25) is 0 Å². The minimum Gasteiger partial charge on any atom is -0.395 e. The number of halogens is 1. The second-order valence-electron chi connectivity index (χ2n) is 5.50. The van der Waals surface area contributed by atoms with Crippen molar-refractivity contribution >= 4 is 16.9 Å². The van der Waals surface area contributed by atoms with Gasteiger partial charge in [-0.15, -0.1) is 0 Å². The van der Waals surface area contributed by atoms with Crippen LogP contribution in [-0.4, -0.2) is 45.6 Å². The van der Waals surface area contributed by atoms with E-state index in [0.29, 0.717) is 24.0 Å². The SMILES string of the molecule is O=C(c1cc(F)cc2[nH]cnc12)N(CCO)CCc1ccccc1. The van der Waals surface area contributed by atoms with Crippen LogP contribution < -0.4 is 0 Å². The maximum atomic E-state index is 13.8. The lowest BCUT2D eigenvalue weighted by Gasteiger charge is -2.22. The molecule has 2 aromatic carbocycles. The van der Waals surface area contributed by atoms with E-state index in [4.69, 9.17) is 0 Å². The van der Waals surface area contributed by atoms with Crippen molar-refractivity contribution in [1.29, 1.82) is 0 Å². The number of carbonyl (C=O) groups is 1. The fourth-order valence-corrected chi connectivity index (χ4v) is 2.69. The fourth-order valence-electron chi connectivity index (χ4n) is 2.69. The second kappa shape index (κ2) is 7.23. The van der Waals surface area contributed by atoms with Gasteiger partial charge < -0.3 is 15.0 Å². The Balaban J connectivity index is 1.84. The van der Waals surface area contributed by atoms with Crippen molar-refractivity contribution in [3.63, 3.8) is 0 Å². The lowest BCUT2D eigenvalue weighted by molar-refractivity contribution is 0.0725. The Bertz CT molecular complexity index is 833. The highest BCUT2D eigenvalue weighted by atomic mass is 19.1. The van der Waals surface area contributed by atoms with E-state index < -0.39 is 5.82 Å². The normalized spacial score (nSPS) is 10.9. The molecule has 0 saturated carbocycles. The van der Waals surface area contributed by atoms with Crippen LogP contribution >= 0.6 is 0 Å². The first-order valence-corrected chi connectivity index (χ1v) is 7.75. The molecule has 0 fully saturated rings. The molecule has 0 bridgehead atoms. The maximum Gasteiger partial charge on any atom is 0.256 e. The molecule has 0 unspecified atom stereocenters. The van der Waals surface area contributed by atoms with Gasteiger partial charge in [0.05, 0.1) is 24.0 Å². The molecule has 24 heavy (non-hydrogen) atoms. The number of nitrogens with one attached hydrogen (secondary N) is 1. The van der Waals surface area contributed by atoms with E-state index >= 15 is 0 Å². The van der Waals surface area contributed by atoms with Gasteiger partial charge in [-0.25, -0.2) is 9.37 Å². The van der Waals surface area contributed by atoms with E-state index in [1.807, 2.05) is 30.3 Å². The van der Waals surface area contributed by atoms with Crippen LogP contribution in [0.3, 0.4) is 0 Å². The summed E-state index contributed by atoms with van der Waals surface area (Å²) in [5.74, 6) is -0.835. The quantitative estimate of drug-likeness (QED) is 0.730. The van der Waals surface area contributed by atoms with E-state index in [-0.39, 0.29) is 24.6 Å². The summed E-state index contributed by atoms with van der Waals surface area (Å²) in [6, 6.07) is 12.3. The number of amides is 1. The van der Waals surface area contributed by atoms with Crippen molar-refractivity contribution < 1.29 is 14.3 Å². The molecule has 0 radical (unpaired) electrons. The number of imidazole rings is 1. The number of hydrogen-bond donors (Lipinski definition) is 2. The van der Waals surface area contributed by atoms with Gasteiger partial charge in [-0.3, -0.25) is 4.79 Å². The van der Waals surface area contributed by atoms with Crippen molar-refractivity contribution in [2.75, 3.05) is 19.7 Å². The first-order valence-electron chi connectivity index (χ1n) is 7.75. The highest BCUT2D eigenvalue weighted by Crippen LogP contribution is 2.19. The first kappa shape index (κ1) is 16.1. The predicted molar refractivity (Wildman–Crippen MR) is 89.2 cm³/mol. The summed E-state index contributed by atoms with van der Waals surface area (Å²) in [4.78, 5) is 21.3. The number of H-pyrrole nitrogens is 1. The highest BCUT2D eigenvalue weighted by molar-refractivity contribution is 6.04. The number of fused-ring (bicyclic) bond motifs is 1. The number of nitrogens with zero attached hydrogens (tertiary/aromatic N) is 2. The van der Waals surface area contributed by atoms with Gasteiger partial charge in [0.1, 0.15) is 11.3 Å². The predicted octanol–water partition coefficient (Wildman–Crippen LogP) is 2.38. The third-order valence-electron chi connectivity index (χ3n) is 3.89. The van der Waals surface area contributed by atoms with E-state index in [1.165, 1.54) is 23.4 Å². The van der Waals surface area contributed by atoms with E-state index in [0.717, 1.165) is 5.56 Å². The molecule has 3 rings (SSSR count). The molecule has 1 aromatic heterocycles. The van der Waals surface area contributed by atoms with E-state index in [1.54, 1.807) is 0 Å². The summed E-state index contributed by atoms with van der Waals surface area (Å²) in [7, 11) is 0. The molecule has 6 heteroatoms. The number of rotatable bonds is 6. The van der Waals surface area contributed by atoms with Crippen LogP contribution in [0.25, 0.3) is 11.0 Å². The van der Waals surface area contributed by atoms with Gasteiger partial charge in [0.15, 0.2) is 0 Å². The third kappa shape index (κ3) is 3.44. The molecule has 0 spiro atoms. The zero-order valence-electron chi connectivity index (χ0n) is 13.1. The molecular weight excluding hydrogens is 309 g/mol. The Morgan fingerprint density at radius 1 is 1.21 bits per heavy atom. The first-order chi connectivity index (χ1) is 11.7. The monoisotopic (exact) mass is 327 g/mol. The molecular formula is C18H18FN3O2. The molecule has 0 aliphatic heterocycles. The molecule has 3 aromatic rings. The Labute approximate surface area is 138 Å². The van der Waals surface area contributed by atoms with Crippen LogP contribution in [0.1, 0.15) is 15.9 Å². The van der Waals surface area contributed by atoms with Crippen molar-refractivity contribution in [3.8, 4) is 0 Å². The van der Waals surface area contributed by atoms with Crippen LogP contribution in [0.15, 0.2) is 48.8 Å². The average molecular weight is 327 g/mol. The van der Waals surface area contributed by atoms with Gasteiger partial charge in [-0.2, -0.15) is 0 Å². The summed E-state index contributed by atoms with van der Waals surface area (Å²) in [6.45, 7) is 0.472. The maximum absolute atomic E-state index is 13.8. The van der Waals surface area contributed by atoms with Gasteiger partial charge >= 0.3 is 0 Å². The summed E-state index contributed by atoms with van der Waals surface area (Å²) in [5, 5.41) is 9.27. The molecule has 124 valence electrons. The molecule has 0 aliphatic rings. The largest absolute Gasteiger partial charge is 0.395 e. The molecule has 2 N–H and O–H groups in total. The molecule has 1 heterocycles. The smallest absolute Gasteiger partial charge is 0.256 e. The van der Waals surface area contributed by atoms with Gasteiger partial charge in [-0.1, -0.05) is 30.3 Å².